The zero-order valence-corrected chi connectivity index (χ0v) is 27.3. The van der Waals surface area contributed by atoms with E-state index in [1.807, 2.05) is 12.1 Å². The number of benzene rings is 2. The van der Waals surface area contributed by atoms with Crippen molar-refractivity contribution < 1.29 is 9.47 Å². The number of piperidine rings is 1. The molecule has 0 radical (unpaired) electrons. The fourth-order valence-corrected chi connectivity index (χ4v) is 5.57. The van der Waals surface area contributed by atoms with Gasteiger partial charge in [-0.1, -0.05) is 37.3 Å². The second-order valence-electron chi connectivity index (χ2n) is 11.9. The molecule has 0 spiro atoms. The van der Waals surface area contributed by atoms with Gasteiger partial charge in [-0.3, -0.25) is 4.90 Å². The summed E-state index contributed by atoms with van der Waals surface area (Å²) < 4.78 is 12.0. The molecule has 4 rings (SSSR count). The fraction of sp³-hybridized carbons (Fsp3) is 0.588. The maximum absolute atomic E-state index is 6.21. The van der Waals surface area contributed by atoms with Gasteiger partial charge in [0.05, 0.1) is 19.2 Å². The van der Waals surface area contributed by atoms with Gasteiger partial charge in [0.25, 0.3) is 0 Å². The van der Waals surface area contributed by atoms with Gasteiger partial charge in [-0.05, 0) is 78.5 Å². The highest BCUT2D eigenvalue weighted by Gasteiger charge is 2.23. The average molecular weight is 592 g/mol. The summed E-state index contributed by atoms with van der Waals surface area (Å²) in [5, 5.41) is 4.80. The molecule has 2 aromatic carbocycles. The molecule has 1 aromatic heterocycles. The fourth-order valence-electron chi connectivity index (χ4n) is 5.57. The minimum atomic E-state index is 0.346. The number of fused-ring (bicyclic) bond motifs is 1. The van der Waals surface area contributed by atoms with Crippen molar-refractivity contribution in [1.29, 1.82) is 0 Å². The molecule has 236 valence electrons. The lowest BCUT2D eigenvalue weighted by Crippen LogP contribution is -2.39. The van der Waals surface area contributed by atoms with Gasteiger partial charge in [0, 0.05) is 56.8 Å². The van der Waals surface area contributed by atoms with Gasteiger partial charge in [0.15, 0.2) is 11.5 Å². The van der Waals surface area contributed by atoms with E-state index in [0.717, 1.165) is 106 Å². The number of hydrogen-bond acceptors (Lipinski definition) is 9. The van der Waals surface area contributed by atoms with Crippen LogP contribution in [0.15, 0.2) is 42.5 Å². The summed E-state index contributed by atoms with van der Waals surface area (Å²) in [5.41, 5.74) is 2.25. The maximum atomic E-state index is 6.21. The van der Waals surface area contributed by atoms with E-state index in [4.69, 9.17) is 19.4 Å². The topological polar surface area (TPSA) is 69.2 Å². The Kier molecular flexibility index (Phi) is 12.7. The van der Waals surface area contributed by atoms with Crippen LogP contribution < -0.4 is 19.7 Å². The van der Waals surface area contributed by atoms with Crippen LogP contribution in [0.2, 0.25) is 0 Å². The van der Waals surface area contributed by atoms with Gasteiger partial charge in [-0.15, -0.1) is 0 Å². The normalized spacial score (nSPS) is 14.5. The number of nitrogens with zero attached hydrogens (tertiary/aromatic N) is 6. The summed E-state index contributed by atoms with van der Waals surface area (Å²) in [7, 11) is 8.03. The number of likely N-dealkylation sites (tertiary alicyclic amines) is 1. The molecular formula is C34H53N7O2. The summed E-state index contributed by atoms with van der Waals surface area (Å²) in [6, 6.07) is 15.2. The van der Waals surface area contributed by atoms with Crippen LogP contribution in [0.3, 0.4) is 0 Å². The highest BCUT2D eigenvalue weighted by molar-refractivity contribution is 5.93. The largest absolute Gasteiger partial charge is 0.493 e. The SMILES string of the molecule is CCN(C)CCCN(CC)c1nc(NC2CCN(Cc3ccccc3)CC2)c2cc(OC)c(OCCCN(C)C)cc2n1. The van der Waals surface area contributed by atoms with Crippen LogP contribution in [0.25, 0.3) is 10.9 Å². The lowest BCUT2D eigenvalue weighted by molar-refractivity contribution is 0.211. The van der Waals surface area contributed by atoms with Crippen LogP contribution in [-0.4, -0.2) is 111 Å². The van der Waals surface area contributed by atoms with Gasteiger partial charge in [-0.2, -0.15) is 4.98 Å². The van der Waals surface area contributed by atoms with Crippen molar-refractivity contribution in [3.05, 3.63) is 48.0 Å². The molecule has 1 saturated heterocycles. The Morgan fingerprint density at radius 1 is 0.907 bits per heavy atom. The number of ether oxygens (including phenoxy) is 2. The molecule has 1 aliphatic heterocycles. The minimum absolute atomic E-state index is 0.346. The third-order valence-electron chi connectivity index (χ3n) is 8.33. The molecule has 2 heterocycles. The molecular weight excluding hydrogens is 538 g/mol. The van der Waals surface area contributed by atoms with Crippen LogP contribution in [-0.2, 0) is 6.54 Å². The molecule has 9 nitrogen and oxygen atoms in total. The Balaban J connectivity index is 1.56. The monoisotopic (exact) mass is 591 g/mol. The molecule has 0 amide bonds. The van der Waals surface area contributed by atoms with Crippen LogP contribution in [0, 0.1) is 0 Å². The first-order chi connectivity index (χ1) is 20.9. The number of hydrogen-bond donors (Lipinski definition) is 1. The van der Waals surface area contributed by atoms with E-state index in [1.165, 1.54) is 5.56 Å². The first-order valence-electron chi connectivity index (χ1n) is 16.0. The van der Waals surface area contributed by atoms with E-state index in [2.05, 4.69) is 90.2 Å². The highest BCUT2D eigenvalue weighted by atomic mass is 16.5. The van der Waals surface area contributed by atoms with Gasteiger partial charge >= 0.3 is 0 Å². The number of aromatic nitrogens is 2. The van der Waals surface area contributed by atoms with E-state index in [1.54, 1.807) is 7.11 Å². The first-order valence-corrected chi connectivity index (χ1v) is 16.0. The van der Waals surface area contributed by atoms with E-state index in [9.17, 15) is 0 Å². The molecule has 0 aliphatic carbocycles. The van der Waals surface area contributed by atoms with Crippen molar-refractivity contribution in [1.82, 2.24) is 24.7 Å². The van der Waals surface area contributed by atoms with E-state index in [0.29, 0.717) is 18.4 Å². The molecule has 0 bridgehead atoms. The van der Waals surface area contributed by atoms with Crippen LogP contribution in [0.4, 0.5) is 11.8 Å². The third kappa shape index (κ3) is 9.68. The van der Waals surface area contributed by atoms with E-state index in [-0.39, 0.29) is 0 Å². The summed E-state index contributed by atoms with van der Waals surface area (Å²) in [6.45, 7) is 13.0. The van der Waals surface area contributed by atoms with Crippen molar-refractivity contribution in [2.45, 2.75) is 52.1 Å². The van der Waals surface area contributed by atoms with Gasteiger partial charge < -0.3 is 29.5 Å². The molecule has 3 aromatic rings. The Bertz CT molecular complexity index is 1250. The molecule has 1 aliphatic rings. The van der Waals surface area contributed by atoms with Crippen molar-refractivity contribution in [2.75, 3.05) is 90.9 Å². The zero-order valence-electron chi connectivity index (χ0n) is 27.3. The minimum Gasteiger partial charge on any atom is -0.493 e. The Labute approximate surface area is 259 Å². The quantitative estimate of drug-likeness (QED) is 0.213. The predicted octanol–water partition coefficient (Wildman–Crippen LogP) is 5.21. The number of anilines is 2. The smallest absolute Gasteiger partial charge is 0.227 e. The second-order valence-corrected chi connectivity index (χ2v) is 11.9. The number of rotatable bonds is 17. The van der Waals surface area contributed by atoms with Crippen LogP contribution in [0.5, 0.6) is 11.5 Å². The number of nitrogens with one attached hydrogen (secondary N) is 1. The third-order valence-corrected chi connectivity index (χ3v) is 8.33. The van der Waals surface area contributed by atoms with Gasteiger partial charge in [0.1, 0.15) is 5.82 Å². The van der Waals surface area contributed by atoms with Crippen molar-refractivity contribution in [3.8, 4) is 11.5 Å². The van der Waals surface area contributed by atoms with Crippen molar-refractivity contribution in [3.63, 3.8) is 0 Å². The van der Waals surface area contributed by atoms with Gasteiger partial charge in [-0.25, -0.2) is 4.98 Å². The second kappa shape index (κ2) is 16.6. The van der Waals surface area contributed by atoms with Crippen LogP contribution >= 0.6 is 0 Å². The zero-order chi connectivity index (χ0) is 30.6. The van der Waals surface area contributed by atoms with Gasteiger partial charge in [0.2, 0.25) is 5.95 Å². The Morgan fingerprint density at radius 2 is 1.67 bits per heavy atom. The molecule has 0 atom stereocenters. The predicted molar refractivity (Wildman–Crippen MR) is 179 cm³/mol. The Hall–Kier alpha value is -3.14. The van der Waals surface area contributed by atoms with Crippen molar-refractivity contribution >= 4 is 22.7 Å². The highest BCUT2D eigenvalue weighted by Crippen LogP contribution is 2.36. The summed E-state index contributed by atoms with van der Waals surface area (Å²) in [4.78, 5) is 19.6. The molecule has 43 heavy (non-hydrogen) atoms. The molecule has 0 unspecified atom stereocenters. The molecule has 9 heteroatoms. The number of methoxy groups -OCH3 is 1. The summed E-state index contributed by atoms with van der Waals surface area (Å²) in [6.07, 6.45) is 4.14. The van der Waals surface area contributed by atoms with E-state index >= 15 is 0 Å². The summed E-state index contributed by atoms with van der Waals surface area (Å²) in [5.74, 6) is 3.08. The summed E-state index contributed by atoms with van der Waals surface area (Å²) >= 11 is 0. The van der Waals surface area contributed by atoms with E-state index < -0.39 is 0 Å². The molecule has 1 fully saturated rings. The first kappa shape index (κ1) is 32.8. The lowest BCUT2D eigenvalue weighted by atomic mass is 10.0. The maximum Gasteiger partial charge on any atom is 0.227 e. The molecule has 0 saturated carbocycles. The standard InChI is InChI=1S/C34H53N7O2/c1-7-39(5)19-12-20-41(8-2)34-36-30-25-32(43-23-13-18-38(3)4)31(42-6)24-29(30)33(37-34)35-28-16-21-40(22-17-28)26-27-14-10-9-11-15-27/h9-11,14-15,24-25,28H,7-8,12-13,16-23,26H2,1-6H3,(H,35,36,37). The average Bonchev–Trinajstić information content (AvgIpc) is 3.02. The lowest BCUT2D eigenvalue weighted by Gasteiger charge is -2.33. The Morgan fingerprint density at radius 3 is 2.35 bits per heavy atom. The molecule has 1 N–H and O–H groups in total. The van der Waals surface area contributed by atoms with Crippen LogP contribution in [0.1, 0.15) is 45.1 Å². The van der Waals surface area contributed by atoms with Crippen molar-refractivity contribution in [2.24, 2.45) is 0 Å².